The molecule has 0 bridgehead atoms. The molecule has 0 saturated heterocycles. The summed E-state index contributed by atoms with van der Waals surface area (Å²) in [6.45, 7) is 4.28. The molecule has 0 unspecified atom stereocenters. The molecule has 1 aromatic rings. The number of benzene rings is 1. The highest BCUT2D eigenvalue weighted by Gasteiger charge is 1.93. The summed E-state index contributed by atoms with van der Waals surface area (Å²) in [6.07, 6.45) is 6.31. The van der Waals surface area contributed by atoms with Gasteiger partial charge in [0, 0.05) is 5.88 Å². The number of hydrogen-bond acceptors (Lipinski definition) is 0. The maximum atomic E-state index is 5.58. The zero-order valence-corrected chi connectivity index (χ0v) is 9.64. The lowest BCUT2D eigenvalue weighted by atomic mass is 10.0. The molecule has 0 saturated carbocycles. The van der Waals surface area contributed by atoms with Crippen LogP contribution in [0.1, 0.15) is 23.1 Å². The minimum atomic E-state index is 0.712. The number of alkyl halides is 1. The molecule has 0 N–H and O–H groups in total. The van der Waals surface area contributed by atoms with Crippen molar-refractivity contribution in [1.29, 1.82) is 0 Å². The second kappa shape index (κ2) is 5.87. The van der Waals surface area contributed by atoms with Gasteiger partial charge in [-0.15, -0.1) is 11.6 Å². The van der Waals surface area contributed by atoms with Gasteiger partial charge < -0.3 is 0 Å². The van der Waals surface area contributed by atoms with Crippen LogP contribution in [0.3, 0.4) is 0 Å². The zero-order chi connectivity index (χ0) is 10.4. The second-order valence-electron chi connectivity index (χ2n) is 3.65. The summed E-state index contributed by atoms with van der Waals surface area (Å²) in [7, 11) is 0. The highest BCUT2D eigenvalue weighted by molar-refractivity contribution is 6.17. The minimum Gasteiger partial charge on any atom is -0.126 e. The van der Waals surface area contributed by atoms with Gasteiger partial charge in [0.25, 0.3) is 0 Å². The van der Waals surface area contributed by atoms with Crippen LogP contribution in [0, 0.1) is 13.8 Å². The molecule has 0 aliphatic heterocycles. The Bertz CT molecular complexity index is 293. The highest BCUT2D eigenvalue weighted by atomic mass is 35.5. The van der Waals surface area contributed by atoms with E-state index in [2.05, 4.69) is 44.2 Å². The van der Waals surface area contributed by atoms with Crippen LogP contribution in [0.5, 0.6) is 0 Å². The van der Waals surface area contributed by atoms with Gasteiger partial charge in [-0.25, -0.2) is 0 Å². The standard InChI is InChI=1S/C13H17Cl/c1-11-8-12(2)10-13(9-11)6-4-3-5-7-14/h3-4,8-10H,5-7H2,1-2H3. The normalized spacial score (nSPS) is 11.1. The van der Waals surface area contributed by atoms with Crippen LogP contribution in [0.25, 0.3) is 0 Å². The van der Waals surface area contributed by atoms with E-state index in [9.17, 15) is 0 Å². The largest absolute Gasteiger partial charge is 0.126 e. The van der Waals surface area contributed by atoms with Crippen molar-refractivity contribution in [2.75, 3.05) is 5.88 Å². The van der Waals surface area contributed by atoms with Crippen molar-refractivity contribution in [2.45, 2.75) is 26.7 Å². The molecule has 0 spiro atoms. The maximum Gasteiger partial charge on any atom is 0.0258 e. The quantitative estimate of drug-likeness (QED) is 0.518. The fourth-order valence-electron chi connectivity index (χ4n) is 1.59. The van der Waals surface area contributed by atoms with Gasteiger partial charge in [0.1, 0.15) is 0 Å². The summed E-state index contributed by atoms with van der Waals surface area (Å²) in [5.41, 5.74) is 4.06. The second-order valence-corrected chi connectivity index (χ2v) is 4.03. The van der Waals surface area contributed by atoms with Gasteiger partial charge in [-0.3, -0.25) is 0 Å². The van der Waals surface area contributed by atoms with Gasteiger partial charge >= 0.3 is 0 Å². The smallest absolute Gasteiger partial charge is 0.0258 e. The van der Waals surface area contributed by atoms with E-state index in [0.29, 0.717) is 5.88 Å². The Balaban J connectivity index is 2.58. The molecular formula is C13H17Cl. The lowest BCUT2D eigenvalue weighted by Crippen LogP contribution is -1.85. The first kappa shape index (κ1) is 11.3. The van der Waals surface area contributed by atoms with E-state index in [1.165, 1.54) is 16.7 Å². The van der Waals surface area contributed by atoms with Crippen molar-refractivity contribution in [2.24, 2.45) is 0 Å². The van der Waals surface area contributed by atoms with Crippen LogP contribution in [0.4, 0.5) is 0 Å². The molecule has 0 fully saturated rings. The van der Waals surface area contributed by atoms with Gasteiger partial charge in [0.15, 0.2) is 0 Å². The third kappa shape index (κ3) is 3.97. The third-order valence-electron chi connectivity index (χ3n) is 2.08. The first-order chi connectivity index (χ1) is 6.72. The summed E-state index contributed by atoms with van der Waals surface area (Å²) < 4.78 is 0. The molecule has 1 rings (SSSR count). The molecule has 0 aliphatic rings. The highest BCUT2D eigenvalue weighted by Crippen LogP contribution is 2.09. The first-order valence-corrected chi connectivity index (χ1v) is 5.54. The molecule has 0 amide bonds. The Morgan fingerprint density at radius 2 is 1.71 bits per heavy atom. The van der Waals surface area contributed by atoms with Gasteiger partial charge in [0.05, 0.1) is 0 Å². The van der Waals surface area contributed by atoms with E-state index in [-0.39, 0.29) is 0 Å². The van der Waals surface area contributed by atoms with E-state index in [1.54, 1.807) is 0 Å². The Morgan fingerprint density at radius 3 is 2.29 bits per heavy atom. The van der Waals surface area contributed by atoms with Crippen molar-refractivity contribution in [3.05, 3.63) is 47.0 Å². The first-order valence-electron chi connectivity index (χ1n) is 5.00. The molecule has 1 heteroatoms. The number of aryl methyl sites for hydroxylation is 2. The maximum absolute atomic E-state index is 5.58. The predicted octanol–water partition coefficient (Wildman–Crippen LogP) is 4.03. The average Bonchev–Trinajstić information content (AvgIpc) is 2.11. The van der Waals surface area contributed by atoms with Crippen LogP contribution in [0.15, 0.2) is 30.4 Å². The van der Waals surface area contributed by atoms with E-state index in [4.69, 9.17) is 11.6 Å². The lowest BCUT2D eigenvalue weighted by molar-refractivity contribution is 1.17. The summed E-state index contributed by atoms with van der Waals surface area (Å²) in [4.78, 5) is 0. The monoisotopic (exact) mass is 208 g/mol. The van der Waals surface area contributed by atoms with E-state index < -0.39 is 0 Å². The molecule has 76 valence electrons. The lowest BCUT2D eigenvalue weighted by Gasteiger charge is -2.01. The van der Waals surface area contributed by atoms with Crippen LogP contribution >= 0.6 is 11.6 Å². The van der Waals surface area contributed by atoms with Gasteiger partial charge in [-0.2, -0.15) is 0 Å². The Labute approximate surface area is 91.6 Å². The number of hydrogen-bond donors (Lipinski definition) is 0. The summed E-state index contributed by atoms with van der Waals surface area (Å²) in [5, 5.41) is 0. The number of allylic oxidation sites excluding steroid dienone is 2. The average molecular weight is 209 g/mol. The summed E-state index contributed by atoms with van der Waals surface area (Å²) >= 11 is 5.58. The van der Waals surface area contributed by atoms with Crippen molar-refractivity contribution in [3.63, 3.8) is 0 Å². The summed E-state index contributed by atoms with van der Waals surface area (Å²) in [6, 6.07) is 6.67. The molecule has 0 aliphatic carbocycles. The fraction of sp³-hybridized carbons (Fsp3) is 0.385. The van der Waals surface area contributed by atoms with Gasteiger partial charge in [-0.1, -0.05) is 41.5 Å². The van der Waals surface area contributed by atoms with Gasteiger partial charge in [0.2, 0.25) is 0 Å². The molecule has 0 nitrogen and oxygen atoms in total. The Hall–Kier alpha value is -0.750. The number of halogens is 1. The van der Waals surface area contributed by atoms with E-state index in [0.717, 1.165) is 12.8 Å². The summed E-state index contributed by atoms with van der Waals surface area (Å²) in [5.74, 6) is 0.712. The molecule has 0 aromatic heterocycles. The van der Waals surface area contributed by atoms with E-state index >= 15 is 0 Å². The van der Waals surface area contributed by atoms with Crippen LogP contribution in [-0.4, -0.2) is 5.88 Å². The zero-order valence-electron chi connectivity index (χ0n) is 8.89. The van der Waals surface area contributed by atoms with Crippen molar-refractivity contribution >= 4 is 11.6 Å². The number of rotatable bonds is 4. The minimum absolute atomic E-state index is 0.712. The third-order valence-corrected chi connectivity index (χ3v) is 2.30. The van der Waals surface area contributed by atoms with Crippen LogP contribution in [0.2, 0.25) is 0 Å². The SMILES string of the molecule is Cc1cc(C)cc(CC=CCCCl)c1. The Kier molecular flexibility index (Phi) is 4.75. The van der Waals surface area contributed by atoms with Crippen molar-refractivity contribution in [1.82, 2.24) is 0 Å². The van der Waals surface area contributed by atoms with Crippen LogP contribution < -0.4 is 0 Å². The molecule has 14 heavy (non-hydrogen) atoms. The molecule has 0 heterocycles. The van der Waals surface area contributed by atoms with Crippen LogP contribution in [-0.2, 0) is 6.42 Å². The molecular weight excluding hydrogens is 192 g/mol. The van der Waals surface area contributed by atoms with Crippen molar-refractivity contribution in [3.8, 4) is 0 Å². The molecule has 0 radical (unpaired) electrons. The topological polar surface area (TPSA) is 0 Å². The fourth-order valence-corrected chi connectivity index (χ4v) is 1.71. The Morgan fingerprint density at radius 1 is 1.07 bits per heavy atom. The van der Waals surface area contributed by atoms with E-state index in [1.807, 2.05) is 0 Å². The molecule has 0 atom stereocenters. The molecule has 1 aromatic carbocycles. The van der Waals surface area contributed by atoms with Gasteiger partial charge in [-0.05, 0) is 32.3 Å². The van der Waals surface area contributed by atoms with Crippen molar-refractivity contribution < 1.29 is 0 Å². The predicted molar refractivity (Wildman–Crippen MR) is 64.1 cm³/mol.